The minimum Gasteiger partial charge on any atom is -0.497 e. The summed E-state index contributed by atoms with van der Waals surface area (Å²) < 4.78 is 5.56. The van der Waals surface area contributed by atoms with Gasteiger partial charge in [-0.3, -0.25) is 5.10 Å². The quantitative estimate of drug-likeness (QED) is 0.397. The predicted octanol–water partition coefficient (Wildman–Crippen LogP) is 4.90. The van der Waals surface area contributed by atoms with Gasteiger partial charge in [0.1, 0.15) is 11.6 Å². The average molecular weight is 526 g/mol. The molecule has 2 aliphatic rings. The first-order valence-corrected chi connectivity index (χ1v) is 13.9. The number of nitrogens with one attached hydrogen (secondary N) is 1. The van der Waals surface area contributed by atoms with Crippen LogP contribution in [0.4, 0.5) is 11.5 Å². The van der Waals surface area contributed by atoms with Crippen LogP contribution in [0.2, 0.25) is 0 Å². The molecule has 204 valence electrons. The molecule has 2 aromatic heterocycles. The highest BCUT2D eigenvalue weighted by molar-refractivity contribution is 5.96. The van der Waals surface area contributed by atoms with Gasteiger partial charge in [0.05, 0.1) is 18.3 Å². The molecule has 4 heterocycles. The van der Waals surface area contributed by atoms with E-state index in [1.807, 2.05) is 6.07 Å². The summed E-state index contributed by atoms with van der Waals surface area (Å²) >= 11 is 0. The van der Waals surface area contributed by atoms with E-state index in [0.717, 1.165) is 77.8 Å². The first kappa shape index (κ1) is 25.6. The van der Waals surface area contributed by atoms with Crippen LogP contribution < -0.4 is 14.5 Å². The average Bonchev–Trinajstić information content (AvgIpc) is 3.50. The van der Waals surface area contributed by atoms with Gasteiger partial charge in [0, 0.05) is 72.6 Å². The summed E-state index contributed by atoms with van der Waals surface area (Å²) in [5.74, 6) is 3.32. The Morgan fingerprint density at radius 3 is 2.54 bits per heavy atom. The van der Waals surface area contributed by atoms with Gasteiger partial charge in [-0.05, 0) is 64.0 Å². The molecule has 0 aliphatic carbocycles. The van der Waals surface area contributed by atoms with Gasteiger partial charge in [0.15, 0.2) is 5.82 Å². The van der Waals surface area contributed by atoms with Gasteiger partial charge in [-0.25, -0.2) is 9.97 Å². The van der Waals surface area contributed by atoms with Crippen LogP contribution in [-0.4, -0.2) is 71.9 Å². The molecule has 8 heteroatoms. The molecule has 2 aliphatic heterocycles. The molecule has 1 fully saturated rings. The lowest BCUT2D eigenvalue weighted by molar-refractivity contribution is 0.266. The first-order valence-electron chi connectivity index (χ1n) is 13.9. The van der Waals surface area contributed by atoms with Crippen LogP contribution in [-0.2, 0) is 13.0 Å². The molecular weight excluding hydrogens is 486 g/mol. The van der Waals surface area contributed by atoms with E-state index in [1.165, 1.54) is 22.4 Å². The van der Waals surface area contributed by atoms with Crippen LogP contribution in [0.1, 0.15) is 35.0 Å². The van der Waals surface area contributed by atoms with Crippen molar-refractivity contribution in [2.75, 3.05) is 50.6 Å². The fraction of sp³-hybridized carbons (Fsp3) is 0.452. The zero-order chi connectivity index (χ0) is 27.4. The van der Waals surface area contributed by atoms with Gasteiger partial charge < -0.3 is 19.4 Å². The zero-order valence-electron chi connectivity index (χ0n) is 24.2. The molecule has 2 aromatic carbocycles. The van der Waals surface area contributed by atoms with Crippen LogP contribution in [0.15, 0.2) is 30.3 Å². The minimum absolute atomic E-state index is 0.487. The fourth-order valence-electron chi connectivity index (χ4n) is 6.48. The summed E-state index contributed by atoms with van der Waals surface area (Å²) in [4.78, 5) is 18.0. The number of likely N-dealkylation sites (N-methyl/N-ethyl adjacent to an activating group) is 1. The topological polar surface area (TPSA) is 73.4 Å². The van der Waals surface area contributed by atoms with E-state index in [1.54, 1.807) is 7.11 Å². The Morgan fingerprint density at radius 1 is 1.00 bits per heavy atom. The standard InChI is InChI=1S/C31H39N7O/c1-18-8-10-22(39-7)14-26(18)37-13-12-24-23(16-37)31(38-15-20(3)27(17-38)36(5)6)33-30(32-24)28-19(2)9-11-25-29(28)21(4)34-35-25/h8-11,14,20,27H,12-13,15-17H2,1-7H3,(H,34,35)/t20-,27-/m0/s1. The van der Waals surface area contributed by atoms with Gasteiger partial charge in [0.2, 0.25) is 0 Å². The lowest BCUT2D eigenvalue weighted by Gasteiger charge is -2.34. The number of anilines is 2. The Bertz CT molecular complexity index is 1540. The van der Waals surface area contributed by atoms with Crippen molar-refractivity contribution in [3.05, 3.63) is 58.4 Å². The van der Waals surface area contributed by atoms with Crippen molar-refractivity contribution in [2.45, 2.75) is 46.7 Å². The largest absolute Gasteiger partial charge is 0.497 e. The van der Waals surface area contributed by atoms with E-state index in [0.29, 0.717) is 12.0 Å². The third kappa shape index (κ3) is 4.40. The zero-order valence-corrected chi connectivity index (χ0v) is 24.2. The third-order valence-corrected chi connectivity index (χ3v) is 8.67. The Hall–Kier alpha value is -3.65. The molecule has 0 saturated carbocycles. The number of H-pyrrole nitrogens is 1. The molecule has 8 nitrogen and oxygen atoms in total. The van der Waals surface area contributed by atoms with Gasteiger partial charge in [0.25, 0.3) is 0 Å². The first-order chi connectivity index (χ1) is 18.7. The number of aromatic nitrogens is 4. The maximum atomic E-state index is 5.56. The summed E-state index contributed by atoms with van der Waals surface area (Å²) in [6.45, 7) is 12.4. The van der Waals surface area contributed by atoms with Crippen molar-refractivity contribution in [3.8, 4) is 17.1 Å². The lowest BCUT2D eigenvalue weighted by atomic mass is 9.99. The van der Waals surface area contributed by atoms with Crippen molar-refractivity contribution in [2.24, 2.45) is 5.92 Å². The molecular formula is C31H39N7O. The number of aryl methyl sites for hydroxylation is 3. The lowest BCUT2D eigenvalue weighted by Crippen LogP contribution is -2.36. The Labute approximate surface area is 231 Å². The number of ether oxygens (including phenoxy) is 1. The number of methoxy groups -OCH3 is 1. The molecule has 1 saturated heterocycles. The highest BCUT2D eigenvalue weighted by Crippen LogP contribution is 2.38. The maximum absolute atomic E-state index is 5.56. The van der Waals surface area contributed by atoms with Gasteiger partial charge in [-0.2, -0.15) is 5.10 Å². The Balaban J connectivity index is 1.50. The number of fused-ring (bicyclic) bond motifs is 2. The minimum atomic E-state index is 0.487. The highest BCUT2D eigenvalue weighted by atomic mass is 16.5. The van der Waals surface area contributed by atoms with Crippen molar-refractivity contribution in [1.82, 2.24) is 25.1 Å². The summed E-state index contributed by atoms with van der Waals surface area (Å²) in [5, 5.41) is 8.81. The van der Waals surface area contributed by atoms with Crippen LogP contribution in [0.3, 0.4) is 0 Å². The number of rotatable bonds is 5. The van der Waals surface area contributed by atoms with Gasteiger partial charge >= 0.3 is 0 Å². The molecule has 1 N–H and O–H groups in total. The molecule has 0 spiro atoms. The SMILES string of the molecule is COc1ccc(C)c(N2CCc3nc(-c4c(C)ccc5n[nH]c(C)c45)nc(N4C[C@H](C)[C@@H](N(C)C)C4)c3C2)c1. The van der Waals surface area contributed by atoms with Crippen molar-refractivity contribution >= 4 is 22.4 Å². The summed E-state index contributed by atoms with van der Waals surface area (Å²) in [7, 11) is 6.10. The number of hydrogen-bond donors (Lipinski definition) is 1. The van der Waals surface area contributed by atoms with E-state index >= 15 is 0 Å². The molecule has 0 unspecified atom stereocenters. The van der Waals surface area contributed by atoms with Crippen LogP contribution >= 0.6 is 0 Å². The molecule has 6 rings (SSSR count). The van der Waals surface area contributed by atoms with E-state index in [9.17, 15) is 0 Å². The van der Waals surface area contributed by atoms with E-state index in [4.69, 9.17) is 14.7 Å². The van der Waals surface area contributed by atoms with Crippen LogP contribution in [0.5, 0.6) is 5.75 Å². The second kappa shape index (κ2) is 9.83. The van der Waals surface area contributed by atoms with Gasteiger partial charge in [-0.15, -0.1) is 0 Å². The molecule has 4 aromatic rings. The van der Waals surface area contributed by atoms with E-state index in [-0.39, 0.29) is 0 Å². The smallest absolute Gasteiger partial charge is 0.162 e. The number of nitrogens with zero attached hydrogens (tertiary/aromatic N) is 6. The van der Waals surface area contributed by atoms with Crippen molar-refractivity contribution in [3.63, 3.8) is 0 Å². The van der Waals surface area contributed by atoms with E-state index in [2.05, 4.69) is 91.0 Å². The number of hydrogen-bond acceptors (Lipinski definition) is 7. The predicted molar refractivity (Wildman–Crippen MR) is 158 cm³/mol. The summed E-state index contributed by atoms with van der Waals surface area (Å²) in [5.41, 5.74) is 9.13. The monoisotopic (exact) mass is 525 g/mol. The van der Waals surface area contributed by atoms with Crippen molar-refractivity contribution in [1.29, 1.82) is 0 Å². The molecule has 0 bridgehead atoms. The fourth-order valence-corrected chi connectivity index (χ4v) is 6.48. The molecule has 39 heavy (non-hydrogen) atoms. The summed E-state index contributed by atoms with van der Waals surface area (Å²) in [6, 6.07) is 11.0. The van der Waals surface area contributed by atoms with E-state index < -0.39 is 0 Å². The van der Waals surface area contributed by atoms with Crippen LogP contribution in [0.25, 0.3) is 22.3 Å². The highest BCUT2D eigenvalue weighted by Gasteiger charge is 2.35. The normalized spacial score (nSPS) is 19.3. The molecule has 0 radical (unpaired) electrons. The third-order valence-electron chi connectivity index (χ3n) is 8.67. The van der Waals surface area contributed by atoms with Crippen molar-refractivity contribution < 1.29 is 4.74 Å². The second-order valence-corrected chi connectivity index (χ2v) is 11.5. The number of benzene rings is 2. The molecule has 2 atom stereocenters. The second-order valence-electron chi connectivity index (χ2n) is 11.5. The number of aromatic amines is 1. The summed E-state index contributed by atoms with van der Waals surface area (Å²) in [6.07, 6.45) is 0.869. The Morgan fingerprint density at radius 2 is 1.79 bits per heavy atom. The molecule has 0 amide bonds. The van der Waals surface area contributed by atoms with Crippen LogP contribution in [0, 0.1) is 26.7 Å². The Kier molecular flexibility index (Phi) is 6.46. The van der Waals surface area contributed by atoms with Gasteiger partial charge in [-0.1, -0.05) is 19.1 Å². The maximum Gasteiger partial charge on any atom is 0.162 e.